The molecular formula is C23H18ClN3O2. The summed E-state index contributed by atoms with van der Waals surface area (Å²) < 4.78 is 0. The molecule has 1 aliphatic carbocycles. The molecular weight excluding hydrogens is 386 g/mol. The molecule has 0 atom stereocenters. The van der Waals surface area contributed by atoms with E-state index in [-0.39, 0.29) is 11.7 Å². The summed E-state index contributed by atoms with van der Waals surface area (Å²) in [6, 6.07) is 16.7. The Balaban J connectivity index is 1.32. The van der Waals surface area contributed by atoms with Gasteiger partial charge in [-0.3, -0.25) is 9.59 Å². The maximum atomic E-state index is 13.0. The first-order valence-electron chi connectivity index (χ1n) is 9.56. The van der Waals surface area contributed by atoms with Crippen LogP contribution >= 0.6 is 11.6 Å². The van der Waals surface area contributed by atoms with Crippen molar-refractivity contribution in [3.63, 3.8) is 0 Å². The summed E-state index contributed by atoms with van der Waals surface area (Å²) in [6.45, 7) is 2.62. The summed E-state index contributed by atoms with van der Waals surface area (Å²) >= 11 is 5.91. The van der Waals surface area contributed by atoms with Crippen molar-refractivity contribution < 1.29 is 9.59 Å². The van der Waals surface area contributed by atoms with Gasteiger partial charge in [0.15, 0.2) is 5.78 Å². The number of piperazine rings is 1. The molecule has 2 aromatic carbocycles. The second-order valence-corrected chi connectivity index (χ2v) is 7.69. The molecule has 5 rings (SSSR count). The minimum atomic E-state index is -0.0414. The summed E-state index contributed by atoms with van der Waals surface area (Å²) in [5.41, 5.74) is 3.72. The van der Waals surface area contributed by atoms with Crippen LogP contribution in [-0.2, 0) is 0 Å². The fourth-order valence-corrected chi connectivity index (χ4v) is 4.15. The maximum absolute atomic E-state index is 13.0. The van der Waals surface area contributed by atoms with Crippen molar-refractivity contribution in [2.24, 2.45) is 0 Å². The molecule has 0 saturated carbocycles. The minimum Gasteiger partial charge on any atom is -0.353 e. The highest BCUT2D eigenvalue weighted by atomic mass is 35.5. The van der Waals surface area contributed by atoms with Gasteiger partial charge in [-0.25, -0.2) is 4.98 Å². The van der Waals surface area contributed by atoms with E-state index in [9.17, 15) is 9.59 Å². The molecule has 0 spiro atoms. The summed E-state index contributed by atoms with van der Waals surface area (Å²) in [5, 5.41) is 0.607. The number of benzene rings is 2. The van der Waals surface area contributed by atoms with Crippen LogP contribution in [0.4, 0.5) is 5.82 Å². The molecule has 0 unspecified atom stereocenters. The van der Waals surface area contributed by atoms with E-state index in [1.54, 1.807) is 12.3 Å². The van der Waals surface area contributed by atoms with Crippen LogP contribution in [0, 0.1) is 0 Å². The van der Waals surface area contributed by atoms with Gasteiger partial charge in [-0.15, -0.1) is 0 Å². The first-order chi connectivity index (χ1) is 14.1. The number of anilines is 1. The van der Waals surface area contributed by atoms with Gasteiger partial charge in [0.05, 0.1) is 5.02 Å². The van der Waals surface area contributed by atoms with Crippen LogP contribution in [0.15, 0.2) is 60.8 Å². The van der Waals surface area contributed by atoms with Gasteiger partial charge in [0.25, 0.3) is 5.91 Å². The van der Waals surface area contributed by atoms with E-state index in [4.69, 9.17) is 11.6 Å². The zero-order chi connectivity index (χ0) is 20.0. The topological polar surface area (TPSA) is 53.5 Å². The third-order valence-electron chi connectivity index (χ3n) is 5.58. The average Bonchev–Trinajstić information content (AvgIpc) is 3.06. The lowest BCUT2D eigenvalue weighted by atomic mass is 10.0. The molecule has 0 radical (unpaired) electrons. The SMILES string of the molecule is O=C1c2ccccc2-c2ccc(C(=O)N3CCN(c4ccc(Cl)cn4)CC3)cc21. The van der Waals surface area contributed by atoms with Crippen molar-refractivity contribution in [2.45, 2.75) is 0 Å². The van der Waals surface area contributed by atoms with Gasteiger partial charge in [-0.05, 0) is 35.4 Å². The Hall–Kier alpha value is -3.18. The van der Waals surface area contributed by atoms with Gasteiger partial charge < -0.3 is 9.80 Å². The number of carbonyl (C=O) groups excluding carboxylic acids is 2. The molecule has 0 N–H and O–H groups in total. The van der Waals surface area contributed by atoms with E-state index in [2.05, 4.69) is 9.88 Å². The Morgan fingerprint density at radius 2 is 1.59 bits per heavy atom. The summed E-state index contributed by atoms with van der Waals surface area (Å²) in [7, 11) is 0. The van der Waals surface area contributed by atoms with Crippen LogP contribution < -0.4 is 4.90 Å². The molecule has 1 fully saturated rings. The first kappa shape index (κ1) is 17.9. The van der Waals surface area contributed by atoms with Crippen LogP contribution in [0.3, 0.4) is 0 Å². The number of fused-ring (bicyclic) bond motifs is 3. The smallest absolute Gasteiger partial charge is 0.253 e. The average molecular weight is 404 g/mol. The number of hydrogen-bond acceptors (Lipinski definition) is 4. The summed E-state index contributed by atoms with van der Waals surface area (Å²) in [4.78, 5) is 34.1. The van der Waals surface area contributed by atoms with E-state index in [1.807, 2.05) is 53.4 Å². The zero-order valence-electron chi connectivity index (χ0n) is 15.6. The van der Waals surface area contributed by atoms with E-state index in [1.165, 1.54) is 0 Å². The molecule has 144 valence electrons. The lowest BCUT2D eigenvalue weighted by Crippen LogP contribution is -2.49. The van der Waals surface area contributed by atoms with E-state index >= 15 is 0 Å². The number of carbonyl (C=O) groups is 2. The Kier molecular flexibility index (Phi) is 4.32. The fraction of sp³-hybridized carbons (Fsp3) is 0.174. The van der Waals surface area contributed by atoms with E-state index in [0.29, 0.717) is 47.9 Å². The number of aromatic nitrogens is 1. The lowest BCUT2D eigenvalue weighted by molar-refractivity contribution is 0.0746. The Labute approximate surface area is 173 Å². The second-order valence-electron chi connectivity index (χ2n) is 7.25. The van der Waals surface area contributed by atoms with Crippen molar-refractivity contribution in [3.05, 3.63) is 82.5 Å². The van der Waals surface area contributed by atoms with Crippen molar-refractivity contribution in [2.75, 3.05) is 31.1 Å². The van der Waals surface area contributed by atoms with Gasteiger partial charge in [0.1, 0.15) is 5.82 Å². The third-order valence-corrected chi connectivity index (χ3v) is 5.80. The van der Waals surface area contributed by atoms with Gasteiger partial charge in [-0.1, -0.05) is 41.9 Å². The van der Waals surface area contributed by atoms with Crippen LogP contribution in [0.2, 0.25) is 5.02 Å². The maximum Gasteiger partial charge on any atom is 0.253 e. The van der Waals surface area contributed by atoms with Crippen LogP contribution in [-0.4, -0.2) is 47.8 Å². The predicted molar refractivity (Wildman–Crippen MR) is 113 cm³/mol. The van der Waals surface area contributed by atoms with Crippen molar-refractivity contribution in [1.82, 2.24) is 9.88 Å². The quantitative estimate of drug-likeness (QED) is 0.509. The molecule has 1 aliphatic heterocycles. The molecule has 6 heteroatoms. The third kappa shape index (κ3) is 3.08. The monoisotopic (exact) mass is 403 g/mol. The summed E-state index contributed by atoms with van der Waals surface area (Å²) in [5.74, 6) is 0.812. The van der Waals surface area contributed by atoms with E-state index in [0.717, 1.165) is 16.9 Å². The Morgan fingerprint density at radius 1 is 0.862 bits per heavy atom. The van der Waals surface area contributed by atoms with Gasteiger partial charge in [0, 0.05) is 49.1 Å². The standard InChI is InChI=1S/C23H18ClN3O2/c24-16-6-8-21(25-14-16)26-9-11-27(12-10-26)23(29)15-5-7-18-17-3-1-2-4-19(17)22(28)20(18)13-15/h1-8,13-14H,9-12H2. The molecule has 2 heterocycles. The highest BCUT2D eigenvalue weighted by molar-refractivity contribution is 6.30. The largest absolute Gasteiger partial charge is 0.353 e. The Bertz CT molecular complexity index is 1120. The molecule has 0 bridgehead atoms. The van der Waals surface area contributed by atoms with Crippen LogP contribution in [0.1, 0.15) is 26.3 Å². The fourth-order valence-electron chi connectivity index (χ4n) is 4.04. The van der Waals surface area contributed by atoms with Gasteiger partial charge in [-0.2, -0.15) is 0 Å². The highest BCUT2D eigenvalue weighted by Gasteiger charge is 2.29. The molecule has 1 aromatic heterocycles. The minimum absolute atomic E-state index is 0.0103. The highest BCUT2D eigenvalue weighted by Crippen LogP contribution is 2.36. The van der Waals surface area contributed by atoms with Crippen LogP contribution in [0.5, 0.6) is 0 Å². The zero-order valence-corrected chi connectivity index (χ0v) is 16.4. The summed E-state index contributed by atoms with van der Waals surface area (Å²) in [6.07, 6.45) is 1.63. The normalized spacial score (nSPS) is 15.3. The molecule has 1 amide bonds. The second kappa shape index (κ2) is 7.01. The molecule has 1 saturated heterocycles. The first-order valence-corrected chi connectivity index (χ1v) is 9.93. The molecule has 2 aliphatic rings. The van der Waals surface area contributed by atoms with Crippen LogP contribution in [0.25, 0.3) is 11.1 Å². The number of halogens is 1. The number of rotatable bonds is 2. The number of amides is 1. The van der Waals surface area contributed by atoms with Gasteiger partial charge in [0.2, 0.25) is 0 Å². The molecule has 5 nitrogen and oxygen atoms in total. The Morgan fingerprint density at radius 3 is 2.31 bits per heavy atom. The van der Waals surface area contributed by atoms with Crippen molar-refractivity contribution >= 4 is 29.1 Å². The number of nitrogens with zero attached hydrogens (tertiary/aromatic N) is 3. The number of pyridine rings is 1. The van der Waals surface area contributed by atoms with Crippen molar-refractivity contribution in [3.8, 4) is 11.1 Å². The number of hydrogen-bond donors (Lipinski definition) is 0. The number of ketones is 1. The lowest BCUT2D eigenvalue weighted by Gasteiger charge is -2.35. The van der Waals surface area contributed by atoms with Gasteiger partial charge >= 0.3 is 0 Å². The van der Waals surface area contributed by atoms with Crippen molar-refractivity contribution in [1.29, 1.82) is 0 Å². The molecule has 3 aromatic rings. The predicted octanol–water partition coefficient (Wildman–Crippen LogP) is 3.91. The molecule has 29 heavy (non-hydrogen) atoms. The van der Waals surface area contributed by atoms with E-state index < -0.39 is 0 Å².